The molecule has 7 nitrogen and oxygen atoms in total. The zero-order chi connectivity index (χ0) is 27.3. The van der Waals surface area contributed by atoms with Crippen molar-refractivity contribution in [2.75, 3.05) is 0 Å². The first-order valence-corrected chi connectivity index (χ1v) is 13.5. The molecule has 0 spiro atoms. The molecule has 0 heterocycles. The van der Waals surface area contributed by atoms with Gasteiger partial charge in [0.2, 0.25) is 0 Å². The summed E-state index contributed by atoms with van der Waals surface area (Å²) in [5.41, 5.74) is 6.12. The van der Waals surface area contributed by atoms with Gasteiger partial charge in [-0.3, -0.25) is 9.59 Å². The van der Waals surface area contributed by atoms with Crippen molar-refractivity contribution in [3.63, 3.8) is 0 Å². The van der Waals surface area contributed by atoms with E-state index < -0.39 is 23.9 Å². The van der Waals surface area contributed by atoms with E-state index in [0.29, 0.717) is 5.71 Å². The van der Waals surface area contributed by atoms with Crippen LogP contribution in [0.25, 0.3) is 11.1 Å². The van der Waals surface area contributed by atoms with Gasteiger partial charge in [0.1, 0.15) is 0 Å². The molecule has 0 bridgehead atoms. The fourth-order valence-corrected chi connectivity index (χ4v) is 5.82. The van der Waals surface area contributed by atoms with Crippen LogP contribution in [-0.4, -0.2) is 34.7 Å². The van der Waals surface area contributed by atoms with Crippen molar-refractivity contribution >= 4 is 39.5 Å². The van der Waals surface area contributed by atoms with Gasteiger partial charge in [0, 0.05) is 37.1 Å². The molecule has 2 aromatic carbocycles. The third-order valence-electron chi connectivity index (χ3n) is 6.72. The number of hydrogen-bond acceptors (Lipinski definition) is 6. The monoisotopic (exact) mass is 570 g/mol. The Hall–Kier alpha value is -3.00. The molecule has 0 saturated carbocycles. The summed E-state index contributed by atoms with van der Waals surface area (Å²) >= 11 is 3.67. The molecule has 198 valence electrons. The molecular formula is C29H35BrN2O5. The lowest BCUT2D eigenvalue weighted by atomic mass is 9.71. The minimum Gasteiger partial charge on any atom is -0.338 e. The first-order valence-electron chi connectivity index (χ1n) is 12.7. The predicted molar refractivity (Wildman–Crippen MR) is 147 cm³/mol. The average Bonchev–Trinajstić information content (AvgIpc) is 3.08. The average molecular weight is 572 g/mol. The van der Waals surface area contributed by atoms with Gasteiger partial charge >= 0.3 is 11.9 Å². The number of oxime groups is 1. The molecule has 0 aromatic heterocycles. The summed E-state index contributed by atoms with van der Waals surface area (Å²) < 4.78 is 1.05. The molecule has 0 saturated heterocycles. The van der Waals surface area contributed by atoms with E-state index in [9.17, 15) is 14.4 Å². The Kier molecular flexibility index (Phi) is 9.29. The molecule has 8 heteroatoms. The molecule has 1 unspecified atom stereocenters. The van der Waals surface area contributed by atoms with Crippen molar-refractivity contribution in [3.05, 3.63) is 57.6 Å². The Morgan fingerprint density at radius 3 is 2.08 bits per heavy atom. The lowest BCUT2D eigenvalue weighted by Crippen LogP contribution is -2.39. The largest absolute Gasteiger partial charge is 0.338 e. The molecule has 0 fully saturated rings. The van der Waals surface area contributed by atoms with Gasteiger partial charge in [-0.15, -0.1) is 0 Å². The summed E-state index contributed by atoms with van der Waals surface area (Å²) in [4.78, 5) is 45.6. The second-order valence-corrected chi connectivity index (χ2v) is 10.5. The maximum Gasteiger partial charge on any atom is 0.331 e. The Labute approximate surface area is 227 Å². The highest BCUT2D eigenvalue weighted by Gasteiger charge is 2.42. The van der Waals surface area contributed by atoms with E-state index in [4.69, 9.17) is 9.68 Å². The SMILES string of the molecule is CCCC1(CCC)c2cc(Br)ccc2-c2ccc(C(CC(C)N(OC(C)=O)C(C)=O)=NOC(C)=O)cc21. The van der Waals surface area contributed by atoms with Crippen LogP contribution in [0.4, 0.5) is 0 Å². The molecule has 0 N–H and O–H groups in total. The van der Waals surface area contributed by atoms with Crippen molar-refractivity contribution in [2.24, 2.45) is 5.16 Å². The van der Waals surface area contributed by atoms with E-state index in [-0.39, 0.29) is 11.8 Å². The van der Waals surface area contributed by atoms with Crippen LogP contribution >= 0.6 is 15.9 Å². The van der Waals surface area contributed by atoms with Crippen LogP contribution in [0.2, 0.25) is 0 Å². The zero-order valence-corrected chi connectivity index (χ0v) is 24.0. The highest BCUT2D eigenvalue weighted by atomic mass is 79.9. The number of rotatable bonds is 9. The van der Waals surface area contributed by atoms with Crippen LogP contribution in [0.1, 0.15) is 90.3 Å². The first kappa shape index (κ1) is 28.6. The Morgan fingerprint density at radius 1 is 0.946 bits per heavy atom. The smallest absolute Gasteiger partial charge is 0.331 e. The second-order valence-electron chi connectivity index (χ2n) is 9.63. The molecular weight excluding hydrogens is 536 g/mol. The van der Waals surface area contributed by atoms with E-state index in [0.717, 1.165) is 40.8 Å². The molecule has 0 radical (unpaired) electrons. The van der Waals surface area contributed by atoms with Gasteiger partial charge in [-0.05, 0) is 65.8 Å². The molecule has 3 rings (SSSR count). The van der Waals surface area contributed by atoms with Gasteiger partial charge in [-0.25, -0.2) is 4.79 Å². The van der Waals surface area contributed by atoms with Crippen molar-refractivity contribution in [3.8, 4) is 11.1 Å². The van der Waals surface area contributed by atoms with Crippen LogP contribution in [0.5, 0.6) is 0 Å². The van der Waals surface area contributed by atoms with Gasteiger partial charge in [-0.1, -0.05) is 66.0 Å². The van der Waals surface area contributed by atoms with Crippen LogP contribution < -0.4 is 0 Å². The lowest BCUT2D eigenvalue weighted by molar-refractivity contribution is -0.202. The van der Waals surface area contributed by atoms with E-state index in [2.05, 4.69) is 65.3 Å². The van der Waals surface area contributed by atoms with Crippen molar-refractivity contribution in [1.29, 1.82) is 0 Å². The number of amides is 1. The van der Waals surface area contributed by atoms with Crippen molar-refractivity contribution < 1.29 is 24.1 Å². The molecule has 1 atom stereocenters. The highest BCUT2D eigenvalue weighted by Crippen LogP contribution is 2.54. The topological polar surface area (TPSA) is 85.3 Å². The van der Waals surface area contributed by atoms with Crippen LogP contribution in [0.3, 0.4) is 0 Å². The number of halogens is 1. The van der Waals surface area contributed by atoms with Crippen LogP contribution in [0.15, 0.2) is 46.0 Å². The Bertz CT molecular complexity index is 1220. The number of nitrogens with zero attached hydrogens (tertiary/aromatic N) is 2. The normalized spacial score (nSPS) is 14.4. The first-order chi connectivity index (χ1) is 17.5. The number of fused-ring (bicyclic) bond motifs is 3. The molecule has 1 aliphatic rings. The number of benzene rings is 2. The van der Waals surface area contributed by atoms with Gasteiger partial charge < -0.3 is 9.68 Å². The molecule has 0 aliphatic heterocycles. The summed E-state index contributed by atoms with van der Waals surface area (Å²) in [7, 11) is 0. The standard InChI is InChI=1S/C29H35BrN2O5/c1-7-13-29(14-8-2)26-16-22(9-11-24(26)25-12-10-23(30)17-27(25)29)28(31-36-20(5)34)15-18(3)32(19(4)33)37-21(6)35/h9-12,16-18H,7-8,13-15H2,1-6H3. The van der Waals surface area contributed by atoms with Crippen molar-refractivity contribution in [2.45, 2.75) is 85.1 Å². The van der Waals surface area contributed by atoms with Crippen molar-refractivity contribution in [1.82, 2.24) is 5.06 Å². The minimum atomic E-state index is -0.592. The third kappa shape index (κ3) is 6.12. The van der Waals surface area contributed by atoms with Gasteiger partial charge in [0.15, 0.2) is 0 Å². The van der Waals surface area contributed by atoms with Gasteiger partial charge in [0.25, 0.3) is 5.91 Å². The summed E-state index contributed by atoms with van der Waals surface area (Å²) in [5.74, 6) is -1.54. The van der Waals surface area contributed by atoms with Crippen LogP contribution in [0, 0.1) is 0 Å². The minimum absolute atomic E-state index is 0.144. The molecule has 2 aromatic rings. The highest BCUT2D eigenvalue weighted by molar-refractivity contribution is 9.10. The molecule has 1 aliphatic carbocycles. The third-order valence-corrected chi connectivity index (χ3v) is 7.21. The fourth-order valence-electron chi connectivity index (χ4n) is 5.46. The fraction of sp³-hybridized carbons (Fsp3) is 0.448. The Balaban J connectivity index is 2.13. The quantitative estimate of drug-likeness (QED) is 0.190. The van der Waals surface area contributed by atoms with E-state index in [1.165, 1.54) is 43.0 Å². The summed E-state index contributed by atoms with van der Waals surface area (Å²) in [6.07, 6.45) is 4.26. The second kappa shape index (κ2) is 12.0. The number of hydroxylamine groups is 2. The maximum atomic E-state index is 12.2. The predicted octanol–water partition coefficient (Wildman–Crippen LogP) is 6.69. The van der Waals surface area contributed by atoms with E-state index >= 15 is 0 Å². The lowest BCUT2D eigenvalue weighted by Gasteiger charge is -2.32. The van der Waals surface area contributed by atoms with E-state index in [1.807, 2.05) is 6.07 Å². The maximum absolute atomic E-state index is 12.2. The number of carbonyl (C=O) groups is 3. The summed E-state index contributed by atoms with van der Waals surface area (Å²) in [6, 6.07) is 12.2. The summed E-state index contributed by atoms with van der Waals surface area (Å²) in [6.45, 7) is 10.0. The van der Waals surface area contributed by atoms with Gasteiger partial charge in [0.05, 0.1) is 11.8 Å². The van der Waals surface area contributed by atoms with Gasteiger partial charge in [-0.2, -0.15) is 5.06 Å². The summed E-state index contributed by atoms with van der Waals surface area (Å²) in [5, 5.41) is 5.20. The van der Waals surface area contributed by atoms with Crippen LogP contribution in [-0.2, 0) is 29.5 Å². The zero-order valence-electron chi connectivity index (χ0n) is 22.4. The number of carbonyl (C=O) groups excluding carboxylic acids is 3. The molecule has 1 amide bonds. The van der Waals surface area contributed by atoms with E-state index in [1.54, 1.807) is 6.92 Å². The molecule has 37 heavy (non-hydrogen) atoms. The Morgan fingerprint density at radius 2 is 1.54 bits per heavy atom. The number of hydrogen-bond donors (Lipinski definition) is 0.